The smallest absolute Gasteiger partial charge is 0.418 e. The first kappa shape index (κ1) is 18.6. The quantitative estimate of drug-likeness (QED) is 0.812. The van der Waals surface area contributed by atoms with E-state index in [9.17, 15) is 22.2 Å². The van der Waals surface area contributed by atoms with Crippen molar-refractivity contribution >= 4 is 17.0 Å². The lowest BCUT2D eigenvalue weighted by atomic mass is 9.97. The van der Waals surface area contributed by atoms with Crippen molar-refractivity contribution in [1.82, 2.24) is 4.72 Å². The molecule has 0 heterocycles. The highest BCUT2D eigenvalue weighted by Crippen LogP contribution is 2.35. The zero-order chi connectivity index (χ0) is 17.0. The van der Waals surface area contributed by atoms with E-state index < -0.39 is 35.1 Å². The van der Waals surface area contributed by atoms with Crippen LogP contribution >= 0.6 is 0 Å². The monoisotopic (exact) mass is 337 g/mol. The van der Waals surface area contributed by atoms with Gasteiger partial charge in [0.1, 0.15) is 11.0 Å². The van der Waals surface area contributed by atoms with Crippen LogP contribution in [-0.2, 0) is 20.5 Å². The molecule has 0 saturated heterocycles. The molecule has 1 aromatic rings. The van der Waals surface area contributed by atoms with Crippen LogP contribution in [0.15, 0.2) is 29.2 Å². The number of carbonyl (C=O) groups is 1. The fourth-order valence-corrected chi connectivity index (χ4v) is 2.93. The van der Waals surface area contributed by atoms with Crippen LogP contribution in [0, 0.1) is 6.92 Å². The maximum atomic E-state index is 13.4. The normalized spacial score (nSPS) is 15.9. The third-order valence-corrected chi connectivity index (χ3v) is 4.37. The number of hydrogen-bond donors (Lipinski definition) is 1. The Hall–Kier alpha value is -1.41. The molecule has 1 N–H and O–H groups in total. The van der Waals surface area contributed by atoms with Gasteiger partial charge in [0.05, 0.1) is 11.5 Å². The van der Waals surface area contributed by atoms with Crippen LogP contribution in [-0.4, -0.2) is 28.5 Å². The molecule has 0 aliphatic carbocycles. The average molecular weight is 337 g/mol. The van der Waals surface area contributed by atoms with Gasteiger partial charge in [-0.3, -0.25) is 0 Å². The third-order valence-electron chi connectivity index (χ3n) is 3.14. The zero-order valence-corrected chi connectivity index (χ0v) is 13.3. The molecule has 1 rings (SSSR count). The summed E-state index contributed by atoms with van der Waals surface area (Å²) in [7, 11) is -2.20. The molecule has 0 spiro atoms. The van der Waals surface area contributed by atoms with Crippen molar-refractivity contribution in [3.8, 4) is 0 Å². The number of alkyl halides is 3. The first-order valence-corrected chi connectivity index (χ1v) is 7.83. The van der Waals surface area contributed by atoms with Gasteiger partial charge in [-0.05, 0) is 32.4 Å². The lowest BCUT2D eigenvalue weighted by molar-refractivity contribution is -0.209. The van der Waals surface area contributed by atoms with Gasteiger partial charge in [0.2, 0.25) is 5.54 Å². The van der Waals surface area contributed by atoms with Crippen molar-refractivity contribution in [2.45, 2.75) is 43.8 Å². The van der Waals surface area contributed by atoms with Gasteiger partial charge < -0.3 is 4.74 Å². The summed E-state index contributed by atoms with van der Waals surface area (Å²) >= 11 is 0. The first-order chi connectivity index (χ1) is 10.2. The van der Waals surface area contributed by atoms with E-state index in [1.165, 1.54) is 26.0 Å². The van der Waals surface area contributed by atoms with E-state index in [1.807, 2.05) is 4.72 Å². The Morgan fingerprint density at radius 3 is 2.18 bits per heavy atom. The fourth-order valence-electron chi connectivity index (χ4n) is 1.77. The summed E-state index contributed by atoms with van der Waals surface area (Å²) in [6, 6.07) is 6.14. The van der Waals surface area contributed by atoms with Crippen LogP contribution in [0.2, 0.25) is 0 Å². The van der Waals surface area contributed by atoms with Crippen LogP contribution in [0.1, 0.15) is 25.8 Å². The zero-order valence-electron chi connectivity index (χ0n) is 12.5. The summed E-state index contributed by atoms with van der Waals surface area (Å²) in [5, 5.41) is 0. The molecular formula is C14H18F3NO3S. The molecule has 124 valence electrons. The molecule has 0 amide bonds. The lowest BCUT2D eigenvalue weighted by Gasteiger charge is -2.32. The third kappa shape index (κ3) is 3.86. The Balaban J connectivity index is 3.15. The molecule has 22 heavy (non-hydrogen) atoms. The minimum absolute atomic E-state index is 0.150. The lowest BCUT2D eigenvalue weighted by Crippen LogP contribution is -2.63. The van der Waals surface area contributed by atoms with E-state index in [0.717, 1.165) is 5.56 Å². The number of rotatable bonds is 6. The fraction of sp³-hybridized carbons (Fsp3) is 0.500. The van der Waals surface area contributed by atoms with Crippen LogP contribution in [0.4, 0.5) is 13.2 Å². The van der Waals surface area contributed by atoms with E-state index in [1.54, 1.807) is 19.1 Å². The van der Waals surface area contributed by atoms with Crippen molar-refractivity contribution < 1.29 is 26.9 Å². The molecule has 0 bridgehead atoms. The number of ether oxygens (including phenoxy) is 1. The summed E-state index contributed by atoms with van der Waals surface area (Å²) in [6.07, 6.45) is -5.57. The van der Waals surface area contributed by atoms with Gasteiger partial charge in [-0.15, -0.1) is 0 Å². The average Bonchev–Trinajstić information content (AvgIpc) is 2.44. The van der Waals surface area contributed by atoms with Gasteiger partial charge in [-0.2, -0.15) is 13.2 Å². The number of aryl methyl sites for hydroxylation is 1. The minimum Gasteiger partial charge on any atom is -0.464 e. The SMILES string of the molecule is CCOC(=O)[C@@](CC)(NS(=O)c1ccc(C)cc1)C(F)(F)F. The maximum absolute atomic E-state index is 13.4. The standard InChI is InChI=1S/C14H18F3NO3S/c1-4-13(14(15,16)17,12(19)21-5-2)18-22(20)11-8-6-10(3)7-9-11/h6-9,18H,4-5H2,1-3H3/t13-,22?/m1/s1. The number of carbonyl (C=O) groups excluding carboxylic acids is 1. The molecule has 4 nitrogen and oxygen atoms in total. The molecular weight excluding hydrogens is 319 g/mol. The second-order valence-corrected chi connectivity index (χ2v) is 5.87. The van der Waals surface area contributed by atoms with Crippen molar-refractivity contribution in [2.24, 2.45) is 0 Å². The van der Waals surface area contributed by atoms with Gasteiger partial charge in [0.15, 0.2) is 0 Å². The molecule has 0 radical (unpaired) electrons. The molecule has 8 heteroatoms. The Bertz CT molecular complexity index is 545. The minimum atomic E-state index is -4.94. The van der Waals surface area contributed by atoms with Gasteiger partial charge in [-0.25, -0.2) is 13.7 Å². The Kier molecular flexibility index (Phi) is 6.13. The van der Waals surface area contributed by atoms with E-state index in [-0.39, 0.29) is 11.5 Å². The van der Waals surface area contributed by atoms with Gasteiger partial charge in [-0.1, -0.05) is 24.6 Å². The maximum Gasteiger partial charge on any atom is 0.418 e. The molecule has 0 aliphatic heterocycles. The highest BCUT2D eigenvalue weighted by molar-refractivity contribution is 7.83. The second-order valence-electron chi connectivity index (χ2n) is 4.66. The highest BCUT2D eigenvalue weighted by Gasteiger charge is 2.61. The van der Waals surface area contributed by atoms with Gasteiger partial charge in [0.25, 0.3) is 0 Å². The number of nitrogens with one attached hydrogen (secondary N) is 1. The van der Waals surface area contributed by atoms with Gasteiger partial charge in [0, 0.05) is 0 Å². The summed E-state index contributed by atoms with van der Waals surface area (Å²) in [5.74, 6) is -1.48. The summed E-state index contributed by atoms with van der Waals surface area (Å²) in [6.45, 7) is 4.19. The summed E-state index contributed by atoms with van der Waals surface area (Å²) in [5.41, 5.74) is -2.12. The molecule has 0 fully saturated rings. The van der Waals surface area contributed by atoms with Crippen LogP contribution < -0.4 is 4.72 Å². The van der Waals surface area contributed by atoms with Crippen LogP contribution in [0.5, 0.6) is 0 Å². The van der Waals surface area contributed by atoms with E-state index in [2.05, 4.69) is 4.74 Å². The van der Waals surface area contributed by atoms with E-state index >= 15 is 0 Å². The Morgan fingerprint density at radius 2 is 1.77 bits per heavy atom. The molecule has 1 unspecified atom stereocenters. The predicted molar refractivity (Wildman–Crippen MR) is 76.4 cm³/mol. The molecule has 0 aliphatic rings. The number of halogens is 3. The first-order valence-electron chi connectivity index (χ1n) is 6.68. The second kappa shape index (κ2) is 7.23. The number of benzene rings is 1. The van der Waals surface area contributed by atoms with Crippen LogP contribution in [0.3, 0.4) is 0 Å². The van der Waals surface area contributed by atoms with Crippen molar-refractivity contribution in [1.29, 1.82) is 0 Å². The largest absolute Gasteiger partial charge is 0.464 e. The van der Waals surface area contributed by atoms with Crippen LogP contribution in [0.25, 0.3) is 0 Å². The topological polar surface area (TPSA) is 55.4 Å². The molecule has 0 saturated carbocycles. The Morgan fingerprint density at radius 1 is 1.23 bits per heavy atom. The number of esters is 1. The summed E-state index contributed by atoms with van der Waals surface area (Å²) in [4.78, 5) is 12.0. The summed E-state index contributed by atoms with van der Waals surface area (Å²) < 4.78 is 58.8. The predicted octanol–water partition coefficient (Wildman–Crippen LogP) is 2.88. The van der Waals surface area contributed by atoms with E-state index in [0.29, 0.717) is 0 Å². The van der Waals surface area contributed by atoms with Gasteiger partial charge >= 0.3 is 12.1 Å². The van der Waals surface area contributed by atoms with Crippen molar-refractivity contribution in [2.75, 3.05) is 6.61 Å². The molecule has 0 aromatic heterocycles. The van der Waals surface area contributed by atoms with Crippen molar-refractivity contribution in [3.63, 3.8) is 0 Å². The highest BCUT2D eigenvalue weighted by atomic mass is 32.2. The van der Waals surface area contributed by atoms with E-state index in [4.69, 9.17) is 0 Å². The Labute approximate surface area is 129 Å². The van der Waals surface area contributed by atoms with Crippen molar-refractivity contribution in [3.05, 3.63) is 29.8 Å². The molecule has 2 atom stereocenters. The number of hydrogen-bond acceptors (Lipinski definition) is 3. The molecule has 1 aromatic carbocycles.